The molecule has 0 fully saturated rings. The summed E-state index contributed by atoms with van der Waals surface area (Å²) in [7, 11) is 0. The van der Waals surface area contributed by atoms with Crippen molar-refractivity contribution in [3.05, 3.63) is 260 Å². The highest BCUT2D eigenvalue weighted by Gasteiger charge is 2.19. The molecule has 13 aromatic rings. The number of hydrogen-bond donors (Lipinski definition) is 0. The van der Waals surface area contributed by atoms with E-state index in [2.05, 4.69) is 243 Å². The zero-order chi connectivity index (χ0) is 47.4. The zero-order valence-corrected chi connectivity index (χ0v) is 39.4. The second-order valence-corrected chi connectivity index (χ2v) is 18.5. The SMILES string of the molecule is Cc1cc(-c2ccc(N(c3ccc(-c4cccc5c4oc4ccccc45)cc3)c3ccc(-c4cccc5c4oc4ccccc45)cc3)cc2)ccc1-c1cc(-c2ccccc2)cc(-c2ccccc2)c1C. The lowest BCUT2D eigenvalue weighted by atomic mass is 9.86. The van der Waals surface area contributed by atoms with E-state index >= 15 is 0 Å². The second kappa shape index (κ2) is 17.4. The Hall–Kier alpha value is -9.18. The summed E-state index contributed by atoms with van der Waals surface area (Å²) in [4.78, 5) is 2.34. The standard InChI is InChI=1S/C68H47NO2/c1-44-41-51(33-40-56(44)64-43-52(46-15-5-3-6-16-46)42-63(45(64)2)48-17-7-4-8-18-48)47-27-34-53(35-28-47)69(54-36-29-49(30-37-54)57-21-13-23-61-59-19-9-11-25-65(59)70-67(57)61)55-38-31-50(32-39-55)58-22-14-24-62-60-20-10-12-26-66(60)71-68(58)62/h3-43H,1-2H3. The molecule has 0 N–H and O–H groups in total. The van der Waals surface area contributed by atoms with Crippen LogP contribution < -0.4 is 4.90 Å². The van der Waals surface area contributed by atoms with E-state index < -0.39 is 0 Å². The summed E-state index contributed by atoms with van der Waals surface area (Å²) in [6.45, 7) is 4.50. The minimum Gasteiger partial charge on any atom is -0.455 e. The molecule has 2 heterocycles. The Labute approximate surface area is 413 Å². The first-order valence-corrected chi connectivity index (χ1v) is 24.3. The molecule has 0 aliphatic rings. The molecule has 0 spiro atoms. The Morgan fingerprint density at radius 1 is 0.268 bits per heavy atom. The number of anilines is 3. The van der Waals surface area contributed by atoms with Gasteiger partial charge in [-0.15, -0.1) is 0 Å². The fourth-order valence-corrected chi connectivity index (χ4v) is 10.6. The van der Waals surface area contributed by atoms with E-state index in [1.165, 1.54) is 50.1 Å². The normalized spacial score (nSPS) is 11.5. The van der Waals surface area contributed by atoms with Crippen molar-refractivity contribution in [2.45, 2.75) is 13.8 Å². The Bertz CT molecular complexity index is 3930. The Morgan fingerprint density at radius 2 is 0.676 bits per heavy atom. The van der Waals surface area contributed by atoms with Gasteiger partial charge in [-0.3, -0.25) is 0 Å². The number of rotatable bonds is 9. The Balaban J connectivity index is 0.867. The fraction of sp³-hybridized carbons (Fsp3) is 0.0294. The summed E-state index contributed by atoms with van der Waals surface area (Å²) >= 11 is 0. The van der Waals surface area contributed by atoms with Crippen LogP contribution in [0.4, 0.5) is 17.1 Å². The molecule has 3 nitrogen and oxygen atoms in total. The smallest absolute Gasteiger partial charge is 0.143 e. The predicted molar refractivity (Wildman–Crippen MR) is 298 cm³/mol. The van der Waals surface area contributed by atoms with Crippen LogP contribution in [0.1, 0.15) is 11.1 Å². The molecule has 71 heavy (non-hydrogen) atoms. The quantitative estimate of drug-likeness (QED) is 0.145. The number of hydrogen-bond acceptors (Lipinski definition) is 3. The van der Waals surface area contributed by atoms with Crippen molar-refractivity contribution in [1.82, 2.24) is 0 Å². The van der Waals surface area contributed by atoms with Crippen LogP contribution in [-0.4, -0.2) is 0 Å². The van der Waals surface area contributed by atoms with Gasteiger partial charge in [0, 0.05) is 49.7 Å². The summed E-state index contributed by atoms with van der Waals surface area (Å²) in [5.74, 6) is 0. The second-order valence-electron chi connectivity index (χ2n) is 18.5. The third-order valence-corrected chi connectivity index (χ3v) is 14.3. The molecule has 0 saturated heterocycles. The number of benzene rings is 11. The molecule has 0 atom stereocenters. The van der Waals surface area contributed by atoms with Crippen molar-refractivity contribution in [3.8, 4) is 66.8 Å². The molecule has 0 unspecified atom stereocenters. The number of aryl methyl sites for hydroxylation is 1. The highest BCUT2D eigenvalue weighted by atomic mass is 16.3. The highest BCUT2D eigenvalue weighted by Crippen LogP contribution is 2.43. The zero-order valence-electron chi connectivity index (χ0n) is 39.4. The van der Waals surface area contributed by atoms with Crippen molar-refractivity contribution in [3.63, 3.8) is 0 Å². The predicted octanol–water partition coefficient (Wildman–Crippen LogP) is 19.6. The van der Waals surface area contributed by atoms with E-state index in [1.54, 1.807) is 0 Å². The molecule has 0 aliphatic carbocycles. The number of para-hydroxylation sites is 4. The lowest BCUT2D eigenvalue weighted by Crippen LogP contribution is -2.09. The summed E-state index contributed by atoms with van der Waals surface area (Å²) in [5.41, 5.74) is 23.3. The highest BCUT2D eigenvalue weighted by molar-refractivity contribution is 6.10. The number of nitrogens with zero attached hydrogens (tertiary/aromatic N) is 1. The fourth-order valence-electron chi connectivity index (χ4n) is 10.6. The first-order valence-electron chi connectivity index (χ1n) is 24.3. The van der Waals surface area contributed by atoms with E-state index in [1.807, 2.05) is 24.3 Å². The summed E-state index contributed by atoms with van der Waals surface area (Å²) in [5, 5.41) is 4.50. The van der Waals surface area contributed by atoms with E-state index in [0.717, 1.165) is 88.8 Å². The van der Waals surface area contributed by atoms with Crippen LogP contribution in [0, 0.1) is 13.8 Å². The average Bonchev–Trinajstić information content (AvgIpc) is 4.01. The van der Waals surface area contributed by atoms with Crippen molar-refractivity contribution in [1.29, 1.82) is 0 Å². The van der Waals surface area contributed by atoms with Crippen molar-refractivity contribution < 1.29 is 8.83 Å². The topological polar surface area (TPSA) is 29.5 Å². The lowest BCUT2D eigenvalue weighted by Gasteiger charge is -2.26. The van der Waals surface area contributed by atoms with Crippen molar-refractivity contribution in [2.24, 2.45) is 0 Å². The molecule has 0 aliphatic heterocycles. The lowest BCUT2D eigenvalue weighted by molar-refractivity contribution is 0.669. The van der Waals surface area contributed by atoms with Crippen molar-refractivity contribution >= 4 is 60.9 Å². The van der Waals surface area contributed by atoms with Gasteiger partial charge in [0.05, 0.1) is 0 Å². The molecule has 11 aromatic carbocycles. The van der Waals surface area contributed by atoms with Gasteiger partial charge in [0.25, 0.3) is 0 Å². The summed E-state index contributed by atoms with van der Waals surface area (Å²) in [6.07, 6.45) is 0. The van der Waals surface area contributed by atoms with Gasteiger partial charge in [0.2, 0.25) is 0 Å². The summed E-state index contributed by atoms with van der Waals surface area (Å²) in [6, 6.07) is 89.1. The first-order chi connectivity index (χ1) is 35.0. The third kappa shape index (κ3) is 7.47. The molecule has 13 rings (SSSR count). The van der Waals surface area contributed by atoms with Gasteiger partial charge >= 0.3 is 0 Å². The summed E-state index contributed by atoms with van der Waals surface area (Å²) < 4.78 is 12.9. The van der Waals surface area contributed by atoms with Gasteiger partial charge in [-0.1, -0.05) is 188 Å². The monoisotopic (exact) mass is 909 g/mol. The molecular weight excluding hydrogens is 863 g/mol. The molecular formula is C68H47NO2. The van der Waals surface area contributed by atoms with Gasteiger partial charge in [0.1, 0.15) is 22.3 Å². The van der Waals surface area contributed by atoms with E-state index in [-0.39, 0.29) is 0 Å². The van der Waals surface area contributed by atoms with Crippen LogP contribution in [0.5, 0.6) is 0 Å². The Morgan fingerprint density at radius 3 is 1.20 bits per heavy atom. The molecule has 3 heteroatoms. The third-order valence-electron chi connectivity index (χ3n) is 14.3. The van der Waals surface area contributed by atoms with Crippen LogP contribution in [0.2, 0.25) is 0 Å². The minimum absolute atomic E-state index is 0.897. The van der Waals surface area contributed by atoms with E-state index in [9.17, 15) is 0 Å². The molecule has 0 amide bonds. The van der Waals surface area contributed by atoms with Crippen LogP contribution in [0.3, 0.4) is 0 Å². The van der Waals surface area contributed by atoms with Crippen LogP contribution in [0.15, 0.2) is 258 Å². The van der Waals surface area contributed by atoms with Gasteiger partial charge in [0.15, 0.2) is 0 Å². The molecule has 2 aromatic heterocycles. The van der Waals surface area contributed by atoms with Gasteiger partial charge < -0.3 is 13.7 Å². The largest absolute Gasteiger partial charge is 0.455 e. The van der Waals surface area contributed by atoms with Crippen molar-refractivity contribution in [2.75, 3.05) is 4.90 Å². The number of furan rings is 2. The van der Waals surface area contributed by atoms with Crippen LogP contribution in [-0.2, 0) is 0 Å². The average molecular weight is 910 g/mol. The molecule has 336 valence electrons. The van der Waals surface area contributed by atoms with Crippen LogP contribution in [0.25, 0.3) is 111 Å². The minimum atomic E-state index is 0.897. The van der Waals surface area contributed by atoms with Gasteiger partial charge in [-0.05, 0) is 141 Å². The molecule has 0 saturated carbocycles. The maximum atomic E-state index is 6.46. The maximum absolute atomic E-state index is 6.46. The maximum Gasteiger partial charge on any atom is 0.143 e. The Kier molecular flexibility index (Phi) is 10.3. The first kappa shape index (κ1) is 42.0. The van der Waals surface area contributed by atoms with E-state index in [4.69, 9.17) is 8.83 Å². The molecule has 0 radical (unpaired) electrons. The molecule has 0 bridgehead atoms. The van der Waals surface area contributed by atoms with Crippen LogP contribution >= 0.6 is 0 Å². The van der Waals surface area contributed by atoms with Gasteiger partial charge in [-0.2, -0.15) is 0 Å². The van der Waals surface area contributed by atoms with E-state index in [0.29, 0.717) is 0 Å². The number of fused-ring (bicyclic) bond motifs is 6. The van der Waals surface area contributed by atoms with Gasteiger partial charge in [-0.25, -0.2) is 0 Å².